The first kappa shape index (κ1) is 42.7. The number of benzene rings is 12. The van der Waals surface area contributed by atoms with Crippen LogP contribution in [-0.2, 0) is 0 Å². The van der Waals surface area contributed by atoms with Crippen molar-refractivity contribution >= 4 is 154 Å². The minimum atomic E-state index is -0.0906. The highest BCUT2D eigenvalue weighted by Crippen LogP contribution is 2.44. The van der Waals surface area contributed by atoms with E-state index in [1.807, 2.05) is 18.2 Å². The van der Waals surface area contributed by atoms with Gasteiger partial charge in [0.25, 0.3) is 0 Å². The molecule has 0 aliphatic heterocycles. The summed E-state index contributed by atoms with van der Waals surface area (Å²) >= 11 is 0. The quantitative estimate of drug-likeness (QED) is 0.156. The molecule has 18 aromatic rings. The average Bonchev–Trinajstić information content (AvgIpc) is 4.33. The molecular weight excluding hydrogens is 966 g/mol. The van der Waals surface area contributed by atoms with E-state index in [1.54, 1.807) is 0 Å². The number of para-hydroxylation sites is 6. The summed E-state index contributed by atoms with van der Waals surface area (Å²) in [6.45, 7) is -0.0906. The molecule has 0 bridgehead atoms. The molecule has 18 rings (SSSR count). The molecule has 79 heavy (non-hydrogen) atoms. The second-order valence-corrected chi connectivity index (χ2v) is 21.1. The van der Waals surface area contributed by atoms with Gasteiger partial charge in [-0.15, -0.1) is 0 Å². The van der Waals surface area contributed by atoms with Crippen LogP contribution >= 0.6 is 0 Å². The number of hydrogen-bond acceptors (Lipinski definition) is 3. The Kier molecular flexibility index (Phi) is 8.66. The van der Waals surface area contributed by atoms with Crippen molar-refractivity contribution in [3.05, 3.63) is 255 Å². The van der Waals surface area contributed by atoms with Gasteiger partial charge in [0.15, 0.2) is 0 Å². The van der Waals surface area contributed by atoms with Gasteiger partial charge < -0.3 is 27.0 Å². The van der Waals surface area contributed by atoms with E-state index in [9.17, 15) is 0 Å². The number of furan rings is 3. The second kappa shape index (κ2) is 16.0. The SMILES string of the molecule is c1ccc2c(c1)oc1c2ccc2c1c1ccccc1n2-c1ccc(B(c2ccc(-n3c4ccccc4c4c5oc6ccccc6c5ccc43)cc2)c2ccc(-n3c4ccccc4c4c5oc6ccccc6c5ccc43)cc2)cc1. The van der Waals surface area contributed by atoms with Crippen LogP contribution in [0.1, 0.15) is 0 Å². The number of aromatic nitrogens is 3. The Hall–Kier alpha value is -10.5. The second-order valence-electron chi connectivity index (χ2n) is 21.1. The van der Waals surface area contributed by atoms with E-state index in [0.717, 1.165) is 132 Å². The Bertz CT molecular complexity index is 5000. The summed E-state index contributed by atoms with van der Waals surface area (Å²) in [5.74, 6) is 0. The van der Waals surface area contributed by atoms with Crippen molar-refractivity contribution in [1.82, 2.24) is 13.7 Å². The fourth-order valence-electron chi connectivity index (χ4n) is 13.6. The zero-order valence-corrected chi connectivity index (χ0v) is 42.4. The number of nitrogens with zero attached hydrogens (tertiary/aromatic N) is 3. The molecule has 0 saturated carbocycles. The lowest BCUT2D eigenvalue weighted by Crippen LogP contribution is -2.52. The summed E-state index contributed by atoms with van der Waals surface area (Å²) < 4.78 is 27.1. The fourth-order valence-corrected chi connectivity index (χ4v) is 13.6. The predicted octanol–water partition coefficient (Wildman–Crippen LogP) is 17.2. The molecule has 0 aliphatic rings. The van der Waals surface area contributed by atoms with Crippen LogP contribution < -0.4 is 16.4 Å². The van der Waals surface area contributed by atoms with Crippen molar-refractivity contribution in [1.29, 1.82) is 0 Å². The average molecular weight is 1010 g/mol. The van der Waals surface area contributed by atoms with Crippen LogP contribution in [0.2, 0.25) is 0 Å². The first-order valence-corrected chi connectivity index (χ1v) is 27.0. The zero-order valence-electron chi connectivity index (χ0n) is 42.4. The molecule has 0 saturated heterocycles. The maximum atomic E-state index is 6.65. The molecule has 0 unspecified atom stereocenters. The third kappa shape index (κ3) is 5.96. The van der Waals surface area contributed by atoms with E-state index in [-0.39, 0.29) is 6.71 Å². The van der Waals surface area contributed by atoms with Gasteiger partial charge in [-0.05, 0) is 109 Å². The molecule has 6 aromatic heterocycles. The van der Waals surface area contributed by atoms with Crippen molar-refractivity contribution in [2.24, 2.45) is 0 Å². The van der Waals surface area contributed by atoms with Crippen molar-refractivity contribution in [3.8, 4) is 17.1 Å². The molecule has 7 heteroatoms. The summed E-state index contributed by atoms with van der Waals surface area (Å²) in [6, 6.07) is 92.1. The number of hydrogen-bond donors (Lipinski definition) is 0. The lowest BCUT2D eigenvalue weighted by atomic mass is 9.37. The Balaban J connectivity index is 0.796. The van der Waals surface area contributed by atoms with Crippen LogP contribution in [0.5, 0.6) is 0 Å². The highest BCUT2D eigenvalue weighted by Gasteiger charge is 2.26. The summed E-state index contributed by atoms with van der Waals surface area (Å²) in [4.78, 5) is 0. The van der Waals surface area contributed by atoms with E-state index in [4.69, 9.17) is 13.3 Å². The summed E-state index contributed by atoms with van der Waals surface area (Å²) in [5.41, 5.74) is 19.0. The molecule has 0 spiro atoms. The van der Waals surface area contributed by atoms with Crippen LogP contribution in [0.3, 0.4) is 0 Å². The van der Waals surface area contributed by atoms with Gasteiger partial charge >= 0.3 is 0 Å². The standard InChI is InChI=1S/C72H42BN3O3/c1-7-19-58-55(16-1)67-61(40-37-52-49-13-4-10-22-64(49)77-70(52)67)74(58)46-31-25-43(26-32-46)73(44-27-33-47(34-28-44)75-59-20-8-2-17-56(59)68-62(75)41-38-53-50-14-5-11-23-65(50)78-71(53)68)45-29-35-48(36-30-45)76-60-21-9-3-18-57(60)69-63(76)42-39-54-51-15-6-12-24-66(51)79-72(54)69/h1-42H. The van der Waals surface area contributed by atoms with Crippen LogP contribution in [0, 0.1) is 0 Å². The summed E-state index contributed by atoms with van der Waals surface area (Å²) in [7, 11) is 0. The minimum Gasteiger partial charge on any atom is -0.455 e. The molecule has 12 aromatic carbocycles. The van der Waals surface area contributed by atoms with Crippen LogP contribution in [0.4, 0.5) is 0 Å². The van der Waals surface area contributed by atoms with Crippen LogP contribution in [0.25, 0.3) is 148 Å². The largest absolute Gasteiger partial charge is 0.455 e. The normalized spacial score (nSPS) is 12.3. The Morgan fingerprint density at radius 3 is 0.785 bits per heavy atom. The van der Waals surface area contributed by atoms with Gasteiger partial charge in [0.1, 0.15) is 33.5 Å². The summed E-state index contributed by atoms with van der Waals surface area (Å²) in [6.07, 6.45) is 0. The molecule has 6 nitrogen and oxygen atoms in total. The topological polar surface area (TPSA) is 54.2 Å². The molecule has 0 radical (unpaired) electrons. The highest BCUT2D eigenvalue weighted by atomic mass is 16.3. The van der Waals surface area contributed by atoms with E-state index < -0.39 is 0 Å². The lowest BCUT2D eigenvalue weighted by molar-refractivity contribution is 0.672. The maximum absolute atomic E-state index is 6.65. The molecular formula is C72H42BN3O3. The molecule has 0 N–H and O–H groups in total. The molecule has 366 valence electrons. The van der Waals surface area contributed by atoms with Gasteiger partial charge in [0.05, 0.1) is 49.3 Å². The van der Waals surface area contributed by atoms with E-state index in [1.165, 1.54) is 32.5 Å². The van der Waals surface area contributed by atoms with Crippen LogP contribution in [0.15, 0.2) is 268 Å². The minimum absolute atomic E-state index is 0.0906. The van der Waals surface area contributed by atoms with E-state index in [0.29, 0.717) is 0 Å². The van der Waals surface area contributed by atoms with Gasteiger partial charge in [-0.1, -0.05) is 162 Å². The Labute approximate surface area is 450 Å². The molecule has 0 amide bonds. The first-order chi connectivity index (χ1) is 39.2. The van der Waals surface area contributed by atoms with Crippen molar-refractivity contribution < 1.29 is 13.3 Å². The maximum Gasteiger partial charge on any atom is 0.241 e. The van der Waals surface area contributed by atoms with Gasteiger partial charge in [-0.25, -0.2) is 0 Å². The van der Waals surface area contributed by atoms with Crippen molar-refractivity contribution in [2.45, 2.75) is 0 Å². The van der Waals surface area contributed by atoms with E-state index in [2.05, 4.69) is 250 Å². The first-order valence-electron chi connectivity index (χ1n) is 27.0. The van der Waals surface area contributed by atoms with E-state index >= 15 is 0 Å². The number of fused-ring (bicyclic) bond motifs is 21. The third-order valence-corrected chi connectivity index (χ3v) is 17.0. The van der Waals surface area contributed by atoms with Gasteiger partial charge in [-0.2, -0.15) is 0 Å². The highest BCUT2D eigenvalue weighted by molar-refractivity contribution is 6.95. The van der Waals surface area contributed by atoms with Gasteiger partial charge in [0.2, 0.25) is 6.71 Å². The smallest absolute Gasteiger partial charge is 0.241 e. The monoisotopic (exact) mass is 1010 g/mol. The molecule has 0 fully saturated rings. The Morgan fingerprint density at radius 1 is 0.215 bits per heavy atom. The third-order valence-electron chi connectivity index (χ3n) is 17.0. The lowest BCUT2D eigenvalue weighted by Gasteiger charge is -2.18. The Morgan fingerprint density at radius 2 is 0.481 bits per heavy atom. The van der Waals surface area contributed by atoms with Crippen molar-refractivity contribution in [3.63, 3.8) is 0 Å². The molecule has 0 aliphatic carbocycles. The number of rotatable bonds is 6. The van der Waals surface area contributed by atoms with Gasteiger partial charge in [-0.3, -0.25) is 0 Å². The molecule has 0 atom stereocenters. The van der Waals surface area contributed by atoms with Gasteiger partial charge in [0, 0.05) is 65.5 Å². The summed E-state index contributed by atoms with van der Waals surface area (Å²) in [5, 5.41) is 13.7. The fraction of sp³-hybridized carbons (Fsp3) is 0. The zero-order chi connectivity index (χ0) is 51.4. The van der Waals surface area contributed by atoms with Crippen molar-refractivity contribution in [2.75, 3.05) is 0 Å². The molecule has 6 heterocycles. The predicted molar refractivity (Wildman–Crippen MR) is 329 cm³/mol. The van der Waals surface area contributed by atoms with Crippen LogP contribution in [-0.4, -0.2) is 20.4 Å².